The van der Waals surface area contributed by atoms with Crippen molar-refractivity contribution in [1.82, 2.24) is 4.90 Å². The van der Waals surface area contributed by atoms with Crippen molar-refractivity contribution in [2.75, 3.05) is 6.54 Å². The molecule has 1 saturated carbocycles. The third-order valence-electron chi connectivity index (χ3n) is 5.05. The van der Waals surface area contributed by atoms with Crippen LogP contribution in [0.3, 0.4) is 0 Å². The second-order valence-corrected chi connectivity index (χ2v) is 6.68. The molecule has 118 valence electrons. The van der Waals surface area contributed by atoms with Gasteiger partial charge in [0, 0.05) is 25.8 Å². The smallest absolute Gasteiger partial charge is 0.303 e. The van der Waals surface area contributed by atoms with Crippen molar-refractivity contribution in [2.45, 2.75) is 64.7 Å². The zero-order chi connectivity index (χ0) is 15.5. The Hall–Kier alpha value is -1.39. The Balaban J connectivity index is 2.01. The zero-order valence-corrected chi connectivity index (χ0v) is 12.8. The van der Waals surface area contributed by atoms with Gasteiger partial charge in [-0.2, -0.15) is 0 Å². The van der Waals surface area contributed by atoms with Gasteiger partial charge in [0.15, 0.2) is 0 Å². The fourth-order valence-electron chi connectivity index (χ4n) is 3.74. The van der Waals surface area contributed by atoms with Crippen molar-refractivity contribution in [1.29, 1.82) is 0 Å². The van der Waals surface area contributed by atoms with Gasteiger partial charge in [0.05, 0.1) is 0 Å². The molecule has 1 atom stereocenters. The van der Waals surface area contributed by atoms with E-state index < -0.39 is 5.97 Å². The molecule has 0 aromatic carbocycles. The van der Waals surface area contributed by atoms with E-state index in [1.165, 1.54) is 11.3 Å². The first-order chi connectivity index (χ1) is 9.96. The normalized spacial score (nSPS) is 23.4. The molecule has 21 heavy (non-hydrogen) atoms. The summed E-state index contributed by atoms with van der Waals surface area (Å²) in [7, 11) is 0. The summed E-state index contributed by atoms with van der Waals surface area (Å²) in [6.45, 7) is 2.16. The molecule has 0 radical (unpaired) electrons. The Bertz CT molecular complexity index is 406. The van der Waals surface area contributed by atoms with Gasteiger partial charge in [-0.05, 0) is 24.2 Å². The van der Waals surface area contributed by atoms with Crippen molar-refractivity contribution < 1.29 is 19.5 Å². The largest absolute Gasteiger partial charge is 0.481 e. The Morgan fingerprint density at radius 2 is 1.76 bits per heavy atom. The maximum atomic E-state index is 12.4. The van der Waals surface area contributed by atoms with Crippen LogP contribution < -0.4 is 0 Å². The summed E-state index contributed by atoms with van der Waals surface area (Å²) in [6.07, 6.45) is 6.96. The van der Waals surface area contributed by atoms with Crippen molar-refractivity contribution >= 4 is 17.8 Å². The summed E-state index contributed by atoms with van der Waals surface area (Å²) in [6, 6.07) is 0. The number of nitrogens with zero attached hydrogens (tertiary/aromatic N) is 1. The van der Waals surface area contributed by atoms with E-state index in [1.54, 1.807) is 0 Å². The zero-order valence-electron chi connectivity index (χ0n) is 12.8. The number of piperidine rings is 1. The van der Waals surface area contributed by atoms with Crippen LogP contribution in [-0.2, 0) is 14.4 Å². The molecule has 0 aromatic heterocycles. The van der Waals surface area contributed by atoms with E-state index in [0.29, 0.717) is 19.3 Å². The van der Waals surface area contributed by atoms with E-state index in [9.17, 15) is 14.4 Å². The van der Waals surface area contributed by atoms with Gasteiger partial charge in [0.2, 0.25) is 11.8 Å². The molecule has 1 N–H and O–H groups in total. The predicted octanol–water partition coefficient (Wildman–Crippen LogP) is 2.59. The molecule has 1 unspecified atom stereocenters. The highest BCUT2D eigenvalue weighted by molar-refractivity contribution is 5.98. The van der Waals surface area contributed by atoms with Crippen molar-refractivity contribution in [3.05, 3.63) is 0 Å². The van der Waals surface area contributed by atoms with Gasteiger partial charge >= 0.3 is 5.97 Å². The quantitative estimate of drug-likeness (QED) is 0.791. The number of hydrogen-bond acceptors (Lipinski definition) is 3. The third kappa shape index (κ3) is 3.83. The summed E-state index contributed by atoms with van der Waals surface area (Å²) in [5.41, 5.74) is -0.0998. The molecule has 0 bridgehead atoms. The minimum absolute atomic E-state index is 0.0126. The van der Waals surface area contributed by atoms with Gasteiger partial charge in [-0.15, -0.1) is 0 Å². The first-order valence-corrected chi connectivity index (χ1v) is 8.01. The lowest BCUT2D eigenvalue weighted by atomic mass is 9.67. The SMILES string of the molecule is CCC(CC(=O)O)CN1C(=O)CC2(CCCCC2)CC1=O. The van der Waals surface area contributed by atoms with Crippen LogP contribution >= 0.6 is 0 Å². The molecule has 5 nitrogen and oxygen atoms in total. The van der Waals surface area contributed by atoms with Crippen LogP contribution in [0.25, 0.3) is 0 Å². The van der Waals surface area contributed by atoms with Crippen LogP contribution in [0.4, 0.5) is 0 Å². The van der Waals surface area contributed by atoms with Crippen LogP contribution in [0.5, 0.6) is 0 Å². The molecular formula is C16H25NO4. The Kier molecular flexibility index (Phi) is 5.01. The van der Waals surface area contributed by atoms with E-state index >= 15 is 0 Å². The summed E-state index contributed by atoms with van der Waals surface area (Å²) in [5.74, 6) is -1.22. The van der Waals surface area contributed by atoms with E-state index in [-0.39, 0.29) is 36.1 Å². The van der Waals surface area contributed by atoms with Gasteiger partial charge in [-0.1, -0.05) is 32.6 Å². The van der Waals surface area contributed by atoms with Gasteiger partial charge in [-0.25, -0.2) is 0 Å². The van der Waals surface area contributed by atoms with Gasteiger partial charge in [0.1, 0.15) is 0 Å². The molecule has 0 aromatic rings. The number of carbonyl (C=O) groups excluding carboxylic acids is 2. The van der Waals surface area contributed by atoms with Gasteiger partial charge in [0.25, 0.3) is 0 Å². The number of likely N-dealkylation sites (tertiary alicyclic amines) is 1. The molecule has 1 aliphatic heterocycles. The average molecular weight is 295 g/mol. The Morgan fingerprint density at radius 1 is 1.19 bits per heavy atom. The lowest BCUT2D eigenvalue weighted by molar-refractivity contribution is -0.156. The van der Waals surface area contributed by atoms with Crippen molar-refractivity contribution in [2.24, 2.45) is 11.3 Å². The van der Waals surface area contributed by atoms with Crippen LogP contribution in [0.1, 0.15) is 64.7 Å². The maximum absolute atomic E-state index is 12.4. The highest BCUT2D eigenvalue weighted by atomic mass is 16.4. The minimum Gasteiger partial charge on any atom is -0.481 e. The topological polar surface area (TPSA) is 74.7 Å². The number of carbonyl (C=O) groups is 3. The number of aliphatic carboxylic acids is 1. The number of hydrogen-bond donors (Lipinski definition) is 1. The molecule has 1 aliphatic carbocycles. The molecule has 2 rings (SSSR count). The fraction of sp³-hybridized carbons (Fsp3) is 0.812. The lowest BCUT2D eigenvalue weighted by Crippen LogP contribution is -2.50. The van der Waals surface area contributed by atoms with E-state index in [0.717, 1.165) is 25.7 Å². The van der Waals surface area contributed by atoms with Crippen LogP contribution in [0.15, 0.2) is 0 Å². The second-order valence-electron chi connectivity index (χ2n) is 6.68. The first-order valence-electron chi connectivity index (χ1n) is 8.01. The Morgan fingerprint density at radius 3 is 2.24 bits per heavy atom. The average Bonchev–Trinajstić information content (AvgIpc) is 2.42. The number of carboxylic acids is 1. The Labute approximate surface area is 125 Å². The standard InChI is InChI=1S/C16H25NO4/c1-2-12(8-15(20)21)11-17-13(18)9-16(10-14(17)19)6-4-3-5-7-16/h12H,2-11H2,1H3,(H,20,21). The van der Waals surface area contributed by atoms with E-state index in [2.05, 4.69) is 0 Å². The van der Waals surface area contributed by atoms with Crippen molar-refractivity contribution in [3.8, 4) is 0 Å². The summed E-state index contributed by atoms with van der Waals surface area (Å²) < 4.78 is 0. The fourth-order valence-corrected chi connectivity index (χ4v) is 3.74. The van der Waals surface area contributed by atoms with Crippen LogP contribution in [-0.4, -0.2) is 34.3 Å². The van der Waals surface area contributed by atoms with Gasteiger partial charge < -0.3 is 5.11 Å². The number of rotatable bonds is 5. The van der Waals surface area contributed by atoms with Crippen LogP contribution in [0, 0.1) is 11.3 Å². The molecule has 1 saturated heterocycles. The van der Waals surface area contributed by atoms with Gasteiger partial charge in [-0.3, -0.25) is 19.3 Å². The second kappa shape index (κ2) is 6.58. The monoisotopic (exact) mass is 295 g/mol. The summed E-state index contributed by atoms with van der Waals surface area (Å²) >= 11 is 0. The van der Waals surface area contributed by atoms with E-state index in [4.69, 9.17) is 5.11 Å². The number of imide groups is 1. The first kappa shape index (κ1) is 16.0. The molecule has 1 heterocycles. The lowest BCUT2D eigenvalue weighted by Gasteiger charge is -2.43. The van der Waals surface area contributed by atoms with E-state index in [1.807, 2.05) is 6.92 Å². The molecular weight excluding hydrogens is 270 g/mol. The highest BCUT2D eigenvalue weighted by Crippen LogP contribution is 2.45. The molecule has 2 fully saturated rings. The predicted molar refractivity (Wildman–Crippen MR) is 77.5 cm³/mol. The molecule has 5 heteroatoms. The molecule has 2 amide bonds. The van der Waals surface area contributed by atoms with Crippen molar-refractivity contribution in [3.63, 3.8) is 0 Å². The molecule has 1 spiro atoms. The number of amides is 2. The maximum Gasteiger partial charge on any atom is 0.303 e. The summed E-state index contributed by atoms with van der Waals surface area (Å²) in [5, 5.41) is 8.89. The third-order valence-corrected chi connectivity index (χ3v) is 5.05. The molecule has 2 aliphatic rings. The highest BCUT2D eigenvalue weighted by Gasteiger charge is 2.44. The van der Waals surface area contributed by atoms with Crippen LogP contribution in [0.2, 0.25) is 0 Å². The number of carboxylic acid groups (broad SMARTS) is 1. The minimum atomic E-state index is -0.873. The summed E-state index contributed by atoms with van der Waals surface area (Å²) in [4.78, 5) is 36.9.